The van der Waals surface area contributed by atoms with E-state index < -0.39 is 0 Å². The number of hydrogen-bond acceptors (Lipinski definition) is 5. The number of hydrogen-bond donors (Lipinski definition) is 3. The molecule has 4 heterocycles. The predicted molar refractivity (Wildman–Crippen MR) is 119 cm³/mol. The van der Waals surface area contributed by atoms with Crippen molar-refractivity contribution in [2.75, 3.05) is 30.8 Å². The monoisotopic (exact) mass is 412 g/mol. The number of rotatable bonds is 2. The van der Waals surface area contributed by atoms with Gasteiger partial charge < -0.3 is 15.2 Å². The number of aromatic amines is 1. The third-order valence-electron chi connectivity index (χ3n) is 5.55. The highest BCUT2D eigenvalue weighted by atomic mass is 16.2. The molecule has 5 rings (SSSR count). The average Bonchev–Trinajstić information content (AvgIpc) is 3.53. The van der Waals surface area contributed by atoms with Crippen molar-refractivity contribution in [3.8, 4) is 0 Å². The zero-order valence-corrected chi connectivity index (χ0v) is 18.2. The number of nitrogens with zero attached hydrogens (tertiary/aromatic N) is 5. The van der Waals surface area contributed by atoms with Crippen molar-refractivity contribution in [3.63, 3.8) is 0 Å². The molecule has 2 aliphatic rings. The van der Waals surface area contributed by atoms with E-state index in [0.29, 0.717) is 5.82 Å². The largest absolute Gasteiger partial charge is 0.372 e. The van der Waals surface area contributed by atoms with Crippen LogP contribution in [0.15, 0.2) is 30.9 Å². The molecule has 162 valence electrons. The Morgan fingerprint density at radius 1 is 1.17 bits per heavy atom. The maximum absolute atomic E-state index is 12.0. The quantitative estimate of drug-likeness (QED) is 0.595. The molecule has 9 nitrogen and oxygen atoms in total. The van der Waals surface area contributed by atoms with Gasteiger partial charge in [-0.05, 0) is 30.7 Å². The number of H-pyrrole nitrogens is 1. The summed E-state index contributed by atoms with van der Waals surface area (Å²) in [5.74, 6) is 2.97. The van der Waals surface area contributed by atoms with E-state index in [-0.39, 0.29) is 6.03 Å². The summed E-state index contributed by atoms with van der Waals surface area (Å²) in [7, 11) is 3.69. The number of aryl methyl sites for hydroxylation is 1. The number of likely N-dealkylation sites (tertiary alicyclic amines) is 1. The zero-order valence-electron chi connectivity index (χ0n) is 18.2. The average molecular weight is 413 g/mol. The van der Waals surface area contributed by atoms with E-state index in [1.165, 1.54) is 25.6 Å². The van der Waals surface area contributed by atoms with Crippen molar-refractivity contribution in [3.05, 3.63) is 30.9 Å². The van der Waals surface area contributed by atoms with Gasteiger partial charge in [-0.3, -0.25) is 10.00 Å². The van der Waals surface area contributed by atoms with Gasteiger partial charge in [-0.1, -0.05) is 20.3 Å². The second kappa shape index (κ2) is 10.1. The minimum atomic E-state index is -0.00176. The van der Waals surface area contributed by atoms with E-state index in [1.807, 2.05) is 57.4 Å². The summed E-state index contributed by atoms with van der Waals surface area (Å²) < 4.78 is 1.69. The summed E-state index contributed by atoms with van der Waals surface area (Å²) in [6, 6.07) is 3.76. The number of carbonyl (C=O) groups is 1. The first-order valence-corrected chi connectivity index (χ1v) is 10.7. The Bertz CT molecular complexity index is 937. The number of aromatic nitrogens is 5. The van der Waals surface area contributed by atoms with E-state index >= 15 is 0 Å². The molecule has 3 aromatic heterocycles. The number of urea groups is 1. The Morgan fingerprint density at radius 2 is 1.90 bits per heavy atom. The first-order chi connectivity index (χ1) is 14.6. The van der Waals surface area contributed by atoms with Crippen molar-refractivity contribution in [2.45, 2.75) is 33.1 Å². The van der Waals surface area contributed by atoms with Gasteiger partial charge in [0.25, 0.3) is 0 Å². The molecule has 1 aliphatic carbocycles. The van der Waals surface area contributed by atoms with Gasteiger partial charge in [0.2, 0.25) is 0 Å². The molecular weight excluding hydrogens is 380 g/mol. The Balaban J connectivity index is 0.000000170. The topological polar surface area (TPSA) is 104 Å². The van der Waals surface area contributed by atoms with Crippen LogP contribution in [0.4, 0.5) is 16.4 Å². The van der Waals surface area contributed by atoms with Crippen LogP contribution in [-0.2, 0) is 7.05 Å². The van der Waals surface area contributed by atoms with Crippen molar-refractivity contribution in [2.24, 2.45) is 18.9 Å². The van der Waals surface area contributed by atoms with Gasteiger partial charge in [-0.15, -0.1) is 0 Å². The molecule has 30 heavy (non-hydrogen) atoms. The Kier molecular flexibility index (Phi) is 7.26. The molecule has 2 amide bonds. The molecule has 1 saturated carbocycles. The van der Waals surface area contributed by atoms with Crippen LogP contribution in [0.3, 0.4) is 0 Å². The normalized spacial score (nSPS) is 19.4. The standard InChI is InChI=1S/C12H18N4O.C7H8N4.C2H6/c1-15-6-5-11(14-15)13-12(17)16-7-9-3-2-4-10(9)8-16;1-8-6-5-2-3-9-7(5)11-4-10-6;1-2/h5-6,9-10H,2-4,7-8H2,1H3,(H,13,14,17);2-4H,1H3,(H2,8,9,10,11);1-2H3. The van der Waals surface area contributed by atoms with Crippen molar-refractivity contribution in [1.82, 2.24) is 29.6 Å². The van der Waals surface area contributed by atoms with E-state index in [2.05, 4.69) is 30.7 Å². The van der Waals surface area contributed by atoms with Gasteiger partial charge in [-0.25, -0.2) is 14.8 Å². The fourth-order valence-electron chi connectivity index (χ4n) is 4.14. The lowest BCUT2D eigenvalue weighted by Gasteiger charge is -2.16. The third kappa shape index (κ3) is 4.90. The van der Waals surface area contributed by atoms with Gasteiger partial charge in [0.15, 0.2) is 5.82 Å². The Labute approximate surface area is 177 Å². The number of fused-ring (bicyclic) bond motifs is 2. The molecule has 1 aliphatic heterocycles. The zero-order chi connectivity index (χ0) is 21.5. The van der Waals surface area contributed by atoms with Gasteiger partial charge in [0.1, 0.15) is 17.8 Å². The summed E-state index contributed by atoms with van der Waals surface area (Å²) in [6.07, 6.45) is 9.13. The van der Waals surface area contributed by atoms with Gasteiger partial charge in [-0.2, -0.15) is 5.10 Å². The smallest absolute Gasteiger partial charge is 0.323 e. The lowest BCUT2D eigenvalue weighted by molar-refractivity contribution is 0.218. The summed E-state index contributed by atoms with van der Waals surface area (Å²) in [5.41, 5.74) is 0.865. The minimum absolute atomic E-state index is 0.00176. The predicted octanol–water partition coefficient (Wildman–Crippen LogP) is 3.71. The number of anilines is 2. The first-order valence-electron chi connectivity index (χ1n) is 10.7. The number of nitrogens with one attached hydrogen (secondary N) is 3. The molecular formula is C21H32N8O. The molecule has 0 bridgehead atoms. The lowest BCUT2D eigenvalue weighted by atomic mass is 10.0. The number of carbonyl (C=O) groups excluding carboxylic acids is 1. The SMILES string of the molecule is CC.CNc1ncnc2[nH]ccc12.Cn1ccc(NC(=O)N2CC3CCCC3C2)n1. The molecule has 2 atom stereocenters. The van der Waals surface area contributed by atoms with E-state index in [9.17, 15) is 4.79 Å². The second-order valence-electron chi connectivity index (χ2n) is 7.37. The maximum atomic E-state index is 12.0. The van der Waals surface area contributed by atoms with Crippen LogP contribution in [0, 0.1) is 11.8 Å². The van der Waals surface area contributed by atoms with Gasteiger partial charge in [0.05, 0.1) is 5.39 Å². The fraction of sp³-hybridized carbons (Fsp3) is 0.524. The van der Waals surface area contributed by atoms with E-state index in [0.717, 1.165) is 41.8 Å². The summed E-state index contributed by atoms with van der Waals surface area (Å²) in [4.78, 5) is 25.1. The van der Waals surface area contributed by atoms with Crippen LogP contribution in [0.5, 0.6) is 0 Å². The van der Waals surface area contributed by atoms with E-state index in [1.54, 1.807) is 4.68 Å². The Morgan fingerprint density at radius 3 is 2.53 bits per heavy atom. The highest BCUT2D eigenvalue weighted by molar-refractivity contribution is 5.88. The summed E-state index contributed by atoms with van der Waals surface area (Å²) in [5, 5.41) is 11.0. The molecule has 0 aromatic carbocycles. The molecule has 0 spiro atoms. The van der Waals surface area contributed by atoms with Crippen molar-refractivity contribution >= 4 is 28.7 Å². The molecule has 2 fully saturated rings. The summed E-state index contributed by atoms with van der Waals surface area (Å²) in [6.45, 7) is 5.84. The van der Waals surface area contributed by atoms with Crippen LogP contribution in [0.1, 0.15) is 33.1 Å². The van der Waals surface area contributed by atoms with Crippen LogP contribution in [0.25, 0.3) is 11.0 Å². The molecule has 2 unspecified atom stereocenters. The van der Waals surface area contributed by atoms with Crippen molar-refractivity contribution < 1.29 is 4.79 Å². The van der Waals surface area contributed by atoms with E-state index in [4.69, 9.17) is 0 Å². The third-order valence-corrected chi connectivity index (χ3v) is 5.55. The molecule has 9 heteroatoms. The summed E-state index contributed by atoms with van der Waals surface area (Å²) >= 11 is 0. The highest BCUT2D eigenvalue weighted by Gasteiger charge is 2.38. The second-order valence-corrected chi connectivity index (χ2v) is 7.37. The van der Waals surface area contributed by atoms with Crippen LogP contribution >= 0.6 is 0 Å². The highest BCUT2D eigenvalue weighted by Crippen LogP contribution is 2.37. The Hall–Kier alpha value is -3.10. The molecule has 1 saturated heterocycles. The minimum Gasteiger partial charge on any atom is -0.372 e. The number of amides is 2. The maximum Gasteiger partial charge on any atom is 0.323 e. The molecule has 0 radical (unpaired) electrons. The van der Waals surface area contributed by atoms with Crippen molar-refractivity contribution in [1.29, 1.82) is 0 Å². The fourth-order valence-corrected chi connectivity index (χ4v) is 4.14. The molecule has 3 N–H and O–H groups in total. The van der Waals surface area contributed by atoms with Crippen LogP contribution < -0.4 is 10.6 Å². The van der Waals surface area contributed by atoms with Gasteiger partial charge >= 0.3 is 6.03 Å². The first kappa shape index (κ1) is 21.6. The van der Waals surface area contributed by atoms with Crippen LogP contribution in [0.2, 0.25) is 0 Å². The van der Waals surface area contributed by atoms with Gasteiger partial charge in [0, 0.05) is 45.6 Å². The van der Waals surface area contributed by atoms with Crippen LogP contribution in [-0.4, -0.2) is 55.8 Å². The molecule has 3 aromatic rings. The lowest BCUT2D eigenvalue weighted by Crippen LogP contribution is -2.33.